The largest absolute Gasteiger partial charge is 0.352 e. The third-order valence-corrected chi connectivity index (χ3v) is 8.68. The van der Waals surface area contributed by atoms with E-state index >= 15 is 0 Å². The molecule has 0 spiro atoms. The van der Waals surface area contributed by atoms with Crippen LogP contribution in [0.25, 0.3) is 11.3 Å². The molecule has 0 unspecified atom stereocenters. The first-order chi connectivity index (χ1) is 19.5. The highest BCUT2D eigenvalue weighted by Gasteiger charge is 2.43. The molecule has 2 saturated carbocycles. The molecular formula is C31H34F2N4O3. The molecule has 6 rings (SSSR count). The minimum Gasteiger partial charge on any atom is -0.352 e. The van der Waals surface area contributed by atoms with E-state index in [4.69, 9.17) is 4.52 Å². The number of carbonyl (C=O) groups excluding carboxylic acids is 2. The number of benzene rings is 2. The van der Waals surface area contributed by atoms with Crippen molar-refractivity contribution < 1.29 is 22.9 Å². The highest BCUT2D eigenvalue weighted by atomic mass is 19.1. The maximum Gasteiger partial charge on any atom is 0.290 e. The van der Waals surface area contributed by atoms with Gasteiger partial charge < -0.3 is 15.2 Å². The summed E-state index contributed by atoms with van der Waals surface area (Å²) in [4.78, 5) is 29.2. The molecule has 2 aliphatic carbocycles. The van der Waals surface area contributed by atoms with Gasteiger partial charge in [-0.1, -0.05) is 54.8 Å². The first kappa shape index (κ1) is 26.6. The first-order valence-corrected chi connectivity index (χ1v) is 14.3. The molecule has 1 aliphatic heterocycles. The van der Waals surface area contributed by atoms with Crippen LogP contribution in [0.15, 0.2) is 59.1 Å². The molecule has 2 aromatic carbocycles. The summed E-state index contributed by atoms with van der Waals surface area (Å²) >= 11 is 0. The molecule has 2 amide bonds. The third-order valence-electron chi connectivity index (χ3n) is 8.68. The Morgan fingerprint density at radius 1 is 0.925 bits per heavy atom. The summed E-state index contributed by atoms with van der Waals surface area (Å²) in [5.41, 5.74) is 1.37. The number of piperidine rings is 1. The highest BCUT2D eigenvalue weighted by Crippen LogP contribution is 2.41. The normalized spacial score (nSPS) is 25.4. The monoisotopic (exact) mass is 548 g/mol. The van der Waals surface area contributed by atoms with Crippen molar-refractivity contribution in [3.05, 3.63) is 77.6 Å². The van der Waals surface area contributed by atoms with E-state index in [2.05, 4.69) is 32.8 Å². The van der Waals surface area contributed by atoms with Crippen LogP contribution in [0, 0.1) is 17.6 Å². The number of aromatic nitrogens is 1. The molecule has 3 aromatic rings. The number of amides is 2. The second-order valence-electron chi connectivity index (χ2n) is 11.3. The summed E-state index contributed by atoms with van der Waals surface area (Å²) in [6, 6.07) is 14.9. The molecule has 2 heterocycles. The van der Waals surface area contributed by atoms with E-state index in [1.165, 1.54) is 37.0 Å². The van der Waals surface area contributed by atoms with Crippen molar-refractivity contribution in [2.75, 3.05) is 13.1 Å². The smallest absolute Gasteiger partial charge is 0.290 e. The molecule has 4 atom stereocenters. The third kappa shape index (κ3) is 5.80. The van der Waals surface area contributed by atoms with Crippen LogP contribution >= 0.6 is 0 Å². The first-order valence-electron chi connectivity index (χ1n) is 14.3. The summed E-state index contributed by atoms with van der Waals surface area (Å²) < 4.78 is 32.8. The molecule has 0 radical (unpaired) electrons. The van der Waals surface area contributed by atoms with Gasteiger partial charge in [-0.2, -0.15) is 0 Å². The summed E-state index contributed by atoms with van der Waals surface area (Å²) in [6.45, 7) is 1.39. The van der Waals surface area contributed by atoms with E-state index in [1.54, 1.807) is 0 Å². The van der Waals surface area contributed by atoms with E-state index < -0.39 is 23.5 Å². The fourth-order valence-corrected chi connectivity index (χ4v) is 6.35. The van der Waals surface area contributed by atoms with Gasteiger partial charge >= 0.3 is 0 Å². The molecule has 210 valence electrons. The van der Waals surface area contributed by atoms with Crippen LogP contribution in [0.1, 0.15) is 67.0 Å². The van der Waals surface area contributed by atoms with Crippen LogP contribution in [0.5, 0.6) is 0 Å². The summed E-state index contributed by atoms with van der Waals surface area (Å²) in [6.07, 6.45) is 7.52. The van der Waals surface area contributed by atoms with Crippen LogP contribution in [0.2, 0.25) is 0 Å². The molecule has 7 nitrogen and oxygen atoms in total. The number of nitrogens with one attached hydrogen (secondary N) is 2. The predicted molar refractivity (Wildman–Crippen MR) is 145 cm³/mol. The molecule has 0 bridgehead atoms. The number of nitrogens with zero attached hydrogens (tertiary/aromatic N) is 2. The Balaban J connectivity index is 1.15. The predicted octanol–water partition coefficient (Wildman–Crippen LogP) is 5.05. The second-order valence-corrected chi connectivity index (χ2v) is 11.3. The molecule has 3 fully saturated rings. The minimum atomic E-state index is -0.791. The Kier molecular flexibility index (Phi) is 7.65. The number of hydrogen-bond acceptors (Lipinski definition) is 5. The fourth-order valence-electron chi connectivity index (χ4n) is 6.35. The van der Waals surface area contributed by atoms with Crippen molar-refractivity contribution in [2.24, 2.45) is 5.92 Å². The summed E-state index contributed by atoms with van der Waals surface area (Å²) in [5.74, 6) is -2.22. The lowest BCUT2D eigenvalue weighted by Gasteiger charge is -2.43. The Labute approximate surface area is 232 Å². The van der Waals surface area contributed by atoms with Gasteiger partial charge in [0.2, 0.25) is 11.7 Å². The number of halogens is 2. The molecular weight excluding hydrogens is 514 g/mol. The lowest BCUT2D eigenvalue weighted by atomic mass is 9.87. The van der Waals surface area contributed by atoms with E-state index in [1.807, 2.05) is 18.2 Å². The van der Waals surface area contributed by atoms with Crippen LogP contribution in [0.3, 0.4) is 0 Å². The van der Waals surface area contributed by atoms with Gasteiger partial charge in [0, 0.05) is 54.8 Å². The Bertz CT molecular complexity index is 1360. The molecule has 3 aliphatic rings. The number of rotatable bonds is 7. The molecule has 40 heavy (non-hydrogen) atoms. The molecule has 9 heteroatoms. The minimum absolute atomic E-state index is 0.0408. The van der Waals surface area contributed by atoms with Crippen molar-refractivity contribution in [1.82, 2.24) is 20.7 Å². The highest BCUT2D eigenvalue weighted by molar-refractivity contribution is 5.93. The Morgan fingerprint density at radius 3 is 2.50 bits per heavy atom. The van der Waals surface area contributed by atoms with Gasteiger partial charge in [0.15, 0.2) is 0 Å². The zero-order valence-electron chi connectivity index (χ0n) is 22.3. The maximum atomic E-state index is 14.2. The fraction of sp³-hybridized carbons (Fsp3) is 0.452. The van der Waals surface area contributed by atoms with Gasteiger partial charge in [0.25, 0.3) is 5.91 Å². The lowest BCUT2D eigenvalue weighted by molar-refractivity contribution is -0.128. The van der Waals surface area contributed by atoms with Crippen molar-refractivity contribution in [1.29, 1.82) is 0 Å². The molecule has 1 saturated heterocycles. The van der Waals surface area contributed by atoms with Crippen molar-refractivity contribution in [3.8, 4) is 11.3 Å². The Morgan fingerprint density at radius 2 is 1.73 bits per heavy atom. The van der Waals surface area contributed by atoms with E-state index in [9.17, 15) is 18.4 Å². The zero-order chi connectivity index (χ0) is 27.6. The molecule has 2 N–H and O–H groups in total. The van der Waals surface area contributed by atoms with Gasteiger partial charge in [-0.25, -0.2) is 8.78 Å². The Hall–Kier alpha value is -3.59. The second kappa shape index (κ2) is 11.5. The zero-order valence-corrected chi connectivity index (χ0v) is 22.3. The quantitative estimate of drug-likeness (QED) is 0.432. The van der Waals surface area contributed by atoms with Crippen molar-refractivity contribution in [2.45, 2.75) is 69.0 Å². The van der Waals surface area contributed by atoms with E-state index in [0.29, 0.717) is 24.9 Å². The SMILES string of the molecule is O=C(N[C@@H]1CCN(C2CCCCC2)C[C@H]1C(=O)N[C@H]1C[C@@H]1c1ccccc1)c1cc(-c2ccc(F)cc2F)no1. The van der Waals surface area contributed by atoms with E-state index in [0.717, 1.165) is 37.9 Å². The average Bonchev–Trinajstić information content (AvgIpc) is 3.56. The standard InChI is InChI=1S/C31H34F2N4O3/c32-20-11-12-22(25(33)15-20)28-17-29(40-36-28)31(39)34-26-13-14-37(21-9-5-2-6-10-21)18-24(26)30(38)35-27-16-23(27)19-7-3-1-4-8-19/h1,3-4,7-8,11-12,15,17,21,23-24,26-27H,2,5-6,9-10,13-14,16,18H2,(H,34,39)(H,35,38)/t23-,24-,26-,27+/m1/s1. The number of hydrogen-bond donors (Lipinski definition) is 2. The average molecular weight is 549 g/mol. The van der Waals surface area contributed by atoms with Crippen molar-refractivity contribution >= 4 is 11.8 Å². The van der Waals surface area contributed by atoms with Crippen LogP contribution in [0.4, 0.5) is 8.78 Å². The number of carbonyl (C=O) groups is 2. The van der Waals surface area contributed by atoms with Crippen LogP contribution in [-0.2, 0) is 4.79 Å². The van der Waals surface area contributed by atoms with Gasteiger partial charge in [-0.3, -0.25) is 14.5 Å². The van der Waals surface area contributed by atoms with Gasteiger partial charge in [0.1, 0.15) is 17.3 Å². The summed E-state index contributed by atoms with van der Waals surface area (Å²) in [5, 5.41) is 10.1. The van der Waals surface area contributed by atoms with Gasteiger partial charge in [-0.05, 0) is 43.4 Å². The van der Waals surface area contributed by atoms with Crippen LogP contribution in [-0.4, -0.2) is 53.1 Å². The topological polar surface area (TPSA) is 87.5 Å². The maximum absolute atomic E-state index is 14.2. The summed E-state index contributed by atoms with van der Waals surface area (Å²) in [7, 11) is 0. The lowest BCUT2D eigenvalue weighted by Crippen LogP contribution is -2.58. The van der Waals surface area contributed by atoms with Gasteiger partial charge in [-0.15, -0.1) is 0 Å². The molecule has 1 aromatic heterocycles. The van der Waals surface area contributed by atoms with Crippen LogP contribution < -0.4 is 10.6 Å². The van der Waals surface area contributed by atoms with Crippen molar-refractivity contribution in [3.63, 3.8) is 0 Å². The van der Waals surface area contributed by atoms with E-state index in [-0.39, 0.29) is 35.0 Å². The number of likely N-dealkylation sites (tertiary alicyclic amines) is 1. The van der Waals surface area contributed by atoms with Gasteiger partial charge in [0.05, 0.1) is 5.92 Å².